The number of nitrogens with zero attached hydrogens (tertiary/aromatic N) is 3. The van der Waals surface area contributed by atoms with Crippen LogP contribution in [0.15, 0.2) is 41.2 Å². The smallest absolute Gasteiger partial charge is 0.409 e. The standard InChI is InChI=1S/C10H13N3O3/c1-12(2)10(14)16-9-5-4-8(6-11-15)13(3)7-9/h4-7H,1-3H3. The zero-order chi connectivity index (χ0) is 12.1. The number of allylic oxidation sites excluding steroid dienone is 2. The molecule has 0 saturated carbocycles. The summed E-state index contributed by atoms with van der Waals surface area (Å²) in [4.78, 5) is 24.3. The van der Waals surface area contributed by atoms with Crippen molar-refractivity contribution in [2.75, 3.05) is 21.1 Å². The third kappa shape index (κ3) is 2.94. The van der Waals surface area contributed by atoms with Gasteiger partial charge >= 0.3 is 6.09 Å². The third-order valence-electron chi connectivity index (χ3n) is 1.90. The fourth-order valence-electron chi connectivity index (χ4n) is 1.03. The Morgan fingerprint density at radius 2 is 2.19 bits per heavy atom. The number of carbonyl (C=O) groups excluding carboxylic acids is 1. The van der Waals surface area contributed by atoms with Crippen LogP contribution < -0.4 is 0 Å². The number of amides is 1. The van der Waals surface area contributed by atoms with E-state index in [1.807, 2.05) is 0 Å². The van der Waals surface area contributed by atoms with E-state index < -0.39 is 6.09 Å². The molecular formula is C10H13N3O3. The van der Waals surface area contributed by atoms with Crippen LogP contribution in [-0.2, 0) is 4.74 Å². The minimum Gasteiger partial charge on any atom is -0.409 e. The zero-order valence-electron chi connectivity index (χ0n) is 9.38. The molecule has 0 fully saturated rings. The number of hydrogen-bond donors (Lipinski definition) is 0. The molecule has 0 aromatic rings. The number of likely N-dealkylation sites (N-methyl/N-ethyl adjacent to an activating group) is 1. The van der Waals surface area contributed by atoms with Gasteiger partial charge in [-0.25, -0.2) is 4.79 Å². The molecule has 0 atom stereocenters. The summed E-state index contributed by atoms with van der Waals surface area (Å²) in [5, 5.41) is 2.67. The number of ether oxygens (including phenoxy) is 1. The van der Waals surface area contributed by atoms with Gasteiger partial charge in [0.1, 0.15) is 5.76 Å². The van der Waals surface area contributed by atoms with Crippen LogP contribution >= 0.6 is 0 Å². The molecule has 6 nitrogen and oxygen atoms in total. The van der Waals surface area contributed by atoms with Gasteiger partial charge in [0, 0.05) is 27.3 Å². The van der Waals surface area contributed by atoms with Gasteiger partial charge in [-0.1, -0.05) is 0 Å². The molecule has 0 radical (unpaired) electrons. The summed E-state index contributed by atoms with van der Waals surface area (Å²) in [6, 6.07) is 0. The van der Waals surface area contributed by atoms with E-state index in [9.17, 15) is 9.70 Å². The molecule has 0 unspecified atom stereocenters. The average Bonchev–Trinajstić information content (AvgIpc) is 2.22. The highest BCUT2D eigenvalue weighted by molar-refractivity contribution is 5.68. The minimum atomic E-state index is -0.453. The van der Waals surface area contributed by atoms with Crippen molar-refractivity contribution in [1.29, 1.82) is 0 Å². The van der Waals surface area contributed by atoms with Crippen molar-refractivity contribution in [3.05, 3.63) is 40.9 Å². The van der Waals surface area contributed by atoms with Crippen molar-refractivity contribution in [3.63, 3.8) is 0 Å². The predicted octanol–water partition coefficient (Wildman–Crippen LogP) is 1.64. The van der Waals surface area contributed by atoms with Crippen LogP contribution in [0.25, 0.3) is 0 Å². The number of rotatable bonds is 2. The van der Waals surface area contributed by atoms with E-state index in [0.29, 0.717) is 11.5 Å². The van der Waals surface area contributed by atoms with E-state index in [4.69, 9.17) is 4.74 Å². The molecule has 1 aliphatic rings. The van der Waals surface area contributed by atoms with Crippen LogP contribution in [0.3, 0.4) is 0 Å². The van der Waals surface area contributed by atoms with E-state index in [2.05, 4.69) is 5.18 Å². The molecule has 0 aliphatic carbocycles. The van der Waals surface area contributed by atoms with Gasteiger partial charge in [-0.2, -0.15) is 0 Å². The zero-order valence-corrected chi connectivity index (χ0v) is 9.38. The molecule has 0 bridgehead atoms. The molecule has 0 saturated heterocycles. The SMILES string of the molecule is CN(C)C(=O)OC1=CN(C)C(=CN=O)C=C1. The van der Waals surface area contributed by atoms with Gasteiger partial charge in [0.05, 0.1) is 11.9 Å². The van der Waals surface area contributed by atoms with Crippen LogP contribution in [0.2, 0.25) is 0 Å². The van der Waals surface area contributed by atoms with E-state index in [0.717, 1.165) is 0 Å². The topological polar surface area (TPSA) is 62.2 Å². The van der Waals surface area contributed by atoms with Crippen LogP contribution in [-0.4, -0.2) is 37.0 Å². The Balaban J connectivity index is 2.71. The van der Waals surface area contributed by atoms with Crippen molar-refractivity contribution in [1.82, 2.24) is 9.80 Å². The van der Waals surface area contributed by atoms with Crippen molar-refractivity contribution in [3.8, 4) is 0 Å². The highest BCUT2D eigenvalue weighted by Gasteiger charge is 2.12. The largest absolute Gasteiger partial charge is 0.414 e. The normalized spacial score (nSPS) is 17.1. The van der Waals surface area contributed by atoms with Crippen molar-refractivity contribution >= 4 is 6.09 Å². The highest BCUT2D eigenvalue weighted by Crippen LogP contribution is 2.16. The Morgan fingerprint density at radius 3 is 2.69 bits per heavy atom. The number of nitroso groups, excluding NO2 is 1. The molecule has 1 rings (SSSR count). The summed E-state index contributed by atoms with van der Waals surface area (Å²) in [6.45, 7) is 0. The summed E-state index contributed by atoms with van der Waals surface area (Å²) in [7, 11) is 4.92. The number of carbonyl (C=O) groups is 1. The lowest BCUT2D eigenvalue weighted by Crippen LogP contribution is -2.23. The highest BCUT2D eigenvalue weighted by atomic mass is 16.6. The maximum Gasteiger partial charge on any atom is 0.414 e. The first-order chi connectivity index (χ1) is 7.54. The molecule has 6 heteroatoms. The van der Waals surface area contributed by atoms with Crippen molar-refractivity contribution in [2.24, 2.45) is 5.18 Å². The molecule has 0 N–H and O–H groups in total. The third-order valence-corrected chi connectivity index (χ3v) is 1.90. The molecular weight excluding hydrogens is 210 g/mol. The van der Waals surface area contributed by atoms with Crippen LogP contribution in [0.1, 0.15) is 0 Å². The summed E-state index contributed by atoms with van der Waals surface area (Å²) in [5.74, 6) is 0.407. The summed E-state index contributed by atoms with van der Waals surface area (Å²) >= 11 is 0. The summed E-state index contributed by atoms with van der Waals surface area (Å²) < 4.78 is 5.03. The predicted molar refractivity (Wildman–Crippen MR) is 59.0 cm³/mol. The first-order valence-electron chi connectivity index (χ1n) is 4.59. The first-order valence-corrected chi connectivity index (χ1v) is 4.59. The van der Waals surface area contributed by atoms with Crippen LogP contribution in [0.5, 0.6) is 0 Å². The lowest BCUT2D eigenvalue weighted by molar-refractivity contribution is 0.148. The van der Waals surface area contributed by atoms with E-state index in [1.165, 1.54) is 11.1 Å². The molecule has 1 heterocycles. The van der Waals surface area contributed by atoms with Gasteiger partial charge in [-0.15, -0.1) is 4.91 Å². The average molecular weight is 223 g/mol. The molecule has 1 aliphatic heterocycles. The maximum atomic E-state index is 11.3. The fourth-order valence-corrected chi connectivity index (χ4v) is 1.03. The van der Waals surface area contributed by atoms with E-state index in [-0.39, 0.29) is 0 Å². The Kier molecular flexibility index (Phi) is 3.82. The Hall–Kier alpha value is -2.11. The Morgan fingerprint density at radius 1 is 1.50 bits per heavy atom. The van der Waals surface area contributed by atoms with E-state index in [1.54, 1.807) is 44.4 Å². The first kappa shape index (κ1) is 12.0. The lowest BCUT2D eigenvalue weighted by Gasteiger charge is -2.20. The molecule has 1 amide bonds. The Bertz CT molecular complexity index is 383. The summed E-state index contributed by atoms with van der Waals surface area (Å²) in [5.41, 5.74) is 0.625. The Labute approximate surface area is 93.4 Å². The molecule has 0 aromatic carbocycles. The van der Waals surface area contributed by atoms with Crippen LogP contribution in [0, 0.1) is 4.91 Å². The van der Waals surface area contributed by atoms with Crippen molar-refractivity contribution < 1.29 is 9.53 Å². The van der Waals surface area contributed by atoms with Crippen LogP contribution in [0.4, 0.5) is 4.79 Å². The second kappa shape index (κ2) is 5.11. The lowest BCUT2D eigenvalue weighted by atomic mass is 10.3. The molecule has 86 valence electrons. The maximum absolute atomic E-state index is 11.3. The fraction of sp³-hybridized carbons (Fsp3) is 0.300. The van der Waals surface area contributed by atoms with Gasteiger partial charge < -0.3 is 14.5 Å². The van der Waals surface area contributed by atoms with Gasteiger partial charge in [0.25, 0.3) is 0 Å². The second-order valence-corrected chi connectivity index (χ2v) is 3.40. The number of hydrogen-bond acceptors (Lipinski definition) is 5. The minimum absolute atomic E-state index is 0.407. The second-order valence-electron chi connectivity index (χ2n) is 3.40. The quantitative estimate of drug-likeness (QED) is 0.667. The van der Waals surface area contributed by atoms with Gasteiger partial charge in [-0.05, 0) is 17.3 Å². The molecule has 0 aromatic heterocycles. The summed E-state index contributed by atoms with van der Waals surface area (Å²) in [6.07, 6.45) is 5.55. The van der Waals surface area contributed by atoms with Gasteiger partial charge in [0.15, 0.2) is 0 Å². The van der Waals surface area contributed by atoms with Gasteiger partial charge in [-0.3, -0.25) is 0 Å². The molecule has 0 spiro atoms. The molecule has 16 heavy (non-hydrogen) atoms. The van der Waals surface area contributed by atoms with E-state index >= 15 is 0 Å². The monoisotopic (exact) mass is 223 g/mol. The van der Waals surface area contributed by atoms with Crippen molar-refractivity contribution in [2.45, 2.75) is 0 Å². The van der Waals surface area contributed by atoms with Gasteiger partial charge in [0.2, 0.25) is 0 Å².